The summed E-state index contributed by atoms with van der Waals surface area (Å²) in [6.45, 7) is -2.27. The van der Waals surface area contributed by atoms with Gasteiger partial charge in [-0.05, 0) is 0 Å². The monoisotopic (exact) mass is 516 g/mol. The smallest absolute Gasteiger partial charge is 0.364 e. The fourth-order valence-corrected chi connectivity index (χ4v) is 4.28. The molecule has 3 fully saturated rings. The number of ether oxygens (including phenoxy) is 6. The van der Waals surface area contributed by atoms with Crippen LogP contribution in [-0.2, 0) is 33.2 Å². The largest absolute Gasteiger partial charge is 0.477 e. The fourth-order valence-electron chi connectivity index (χ4n) is 4.28. The molecule has 0 aromatic heterocycles. The van der Waals surface area contributed by atoms with Crippen LogP contribution >= 0.6 is 0 Å². The zero-order valence-electron chi connectivity index (χ0n) is 18.6. The van der Waals surface area contributed by atoms with Gasteiger partial charge in [0.25, 0.3) is 5.79 Å². The number of methoxy groups -OCH3 is 1. The second-order valence-electron chi connectivity index (χ2n) is 8.50. The molecule has 3 aliphatic rings. The van der Waals surface area contributed by atoms with E-state index in [0.717, 1.165) is 0 Å². The van der Waals surface area contributed by atoms with Crippen molar-refractivity contribution in [2.24, 2.45) is 0 Å². The summed E-state index contributed by atoms with van der Waals surface area (Å²) in [6, 6.07) is 0. The summed E-state index contributed by atoms with van der Waals surface area (Å²) < 4.78 is 32.4. The van der Waals surface area contributed by atoms with Crippen LogP contribution in [0.5, 0.6) is 0 Å². The lowest BCUT2D eigenvalue weighted by Crippen LogP contribution is -2.64. The maximum absolute atomic E-state index is 12.2. The lowest BCUT2D eigenvalue weighted by molar-refractivity contribution is -0.352. The summed E-state index contributed by atoms with van der Waals surface area (Å²) >= 11 is 0. The van der Waals surface area contributed by atoms with E-state index in [1.807, 2.05) is 0 Å². The number of aliphatic hydroxyl groups is 8. The third-order valence-corrected chi connectivity index (χ3v) is 6.23. The minimum Gasteiger partial charge on any atom is -0.477 e. The number of aliphatic hydroxyl groups excluding tert-OH is 8. The van der Waals surface area contributed by atoms with E-state index in [2.05, 4.69) is 0 Å². The Morgan fingerprint density at radius 2 is 1.54 bits per heavy atom. The van der Waals surface area contributed by atoms with Crippen molar-refractivity contribution in [3.8, 4) is 0 Å². The number of carboxylic acid groups (broad SMARTS) is 1. The first kappa shape index (κ1) is 28.5. The van der Waals surface area contributed by atoms with Gasteiger partial charge in [-0.3, -0.25) is 0 Å². The van der Waals surface area contributed by atoms with Gasteiger partial charge in [0.05, 0.1) is 25.9 Å². The zero-order chi connectivity index (χ0) is 26.1. The minimum absolute atomic E-state index is 0.584. The first-order valence-electron chi connectivity index (χ1n) is 10.8. The van der Waals surface area contributed by atoms with E-state index in [9.17, 15) is 50.8 Å². The van der Waals surface area contributed by atoms with Crippen molar-refractivity contribution in [1.82, 2.24) is 0 Å². The molecule has 0 saturated carbocycles. The van der Waals surface area contributed by atoms with E-state index in [1.165, 1.54) is 7.11 Å². The molecule has 3 saturated heterocycles. The summed E-state index contributed by atoms with van der Waals surface area (Å²) in [5.74, 6) is -4.57. The molecule has 35 heavy (non-hydrogen) atoms. The summed E-state index contributed by atoms with van der Waals surface area (Å²) in [7, 11) is 1.23. The lowest BCUT2D eigenvalue weighted by Gasteiger charge is -2.45. The summed E-state index contributed by atoms with van der Waals surface area (Å²) in [5.41, 5.74) is 0. The maximum atomic E-state index is 12.2. The molecule has 3 rings (SSSR count). The van der Waals surface area contributed by atoms with Gasteiger partial charge >= 0.3 is 5.97 Å². The molecule has 0 bridgehead atoms. The Balaban J connectivity index is 1.88. The number of hydrogen-bond acceptors (Lipinski definition) is 15. The second-order valence-corrected chi connectivity index (χ2v) is 8.50. The van der Waals surface area contributed by atoms with Crippen LogP contribution in [0.4, 0.5) is 0 Å². The Labute approximate surface area is 198 Å². The topological polar surface area (TPSA) is 255 Å². The highest BCUT2D eigenvalue weighted by atomic mass is 16.8. The molecule has 16 heteroatoms. The Hall–Kier alpha value is -1.09. The molecule has 13 atom stereocenters. The van der Waals surface area contributed by atoms with Crippen molar-refractivity contribution in [3.63, 3.8) is 0 Å². The fraction of sp³-hybridized carbons (Fsp3) is 0.947. The van der Waals surface area contributed by atoms with Gasteiger partial charge in [-0.1, -0.05) is 0 Å². The summed E-state index contributed by atoms with van der Waals surface area (Å²) in [4.78, 5) is 12.2. The van der Waals surface area contributed by atoms with Crippen LogP contribution in [-0.4, -0.2) is 158 Å². The van der Waals surface area contributed by atoms with Gasteiger partial charge in [0.2, 0.25) is 0 Å². The molecule has 0 aromatic rings. The number of rotatable bonds is 10. The van der Waals surface area contributed by atoms with Crippen molar-refractivity contribution >= 4 is 5.97 Å². The average molecular weight is 516 g/mol. The third-order valence-electron chi connectivity index (χ3n) is 6.23. The summed E-state index contributed by atoms with van der Waals surface area (Å²) in [5, 5.41) is 89.4. The Morgan fingerprint density at radius 1 is 0.971 bits per heavy atom. The van der Waals surface area contributed by atoms with Crippen LogP contribution in [0.3, 0.4) is 0 Å². The highest BCUT2D eigenvalue weighted by Crippen LogP contribution is 2.38. The number of carbonyl (C=O) groups is 1. The normalized spacial score (nSPS) is 47.2. The zero-order valence-corrected chi connectivity index (χ0v) is 18.6. The SMILES string of the molecule is COC1OC(CO)C(O)C1OC1OC(CO)C(O)C1OC1(C(=O)O)CC(O)C(O)C(C(O)CO)O1. The highest BCUT2D eigenvalue weighted by molar-refractivity contribution is 5.76. The Bertz CT molecular complexity index is 708. The van der Waals surface area contributed by atoms with Crippen LogP contribution < -0.4 is 0 Å². The predicted molar refractivity (Wildman–Crippen MR) is 105 cm³/mol. The Kier molecular flexibility index (Phi) is 9.38. The van der Waals surface area contributed by atoms with Gasteiger partial charge in [-0.15, -0.1) is 0 Å². The molecule has 0 radical (unpaired) electrons. The van der Waals surface area contributed by atoms with E-state index >= 15 is 0 Å². The van der Waals surface area contributed by atoms with E-state index in [0.29, 0.717) is 0 Å². The van der Waals surface area contributed by atoms with Crippen molar-refractivity contribution in [2.45, 2.75) is 85.8 Å². The quantitative estimate of drug-likeness (QED) is 0.131. The maximum Gasteiger partial charge on any atom is 0.364 e. The van der Waals surface area contributed by atoms with E-state index in [-0.39, 0.29) is 0 Å². The molecule has 0 aromatic carbocycles. The minimum atomic E-state index is -2.76. The molecule has 3 aliphatic heterocycles. The Morgan fingerprint density at radius 3 is 2.06 bits per heavy atom. The van der Waals surface area contributed by atoms with Crippen molar-refractivity contribution in [2.75, 3.05) is 26.9 Å². The lowest BCUT2D eigenvalue weighted by atomic mass is 9.92. The van der Waals surface area contributed by atoms with E-state index in [4.69, 9.17) is 28.4 Å². The molecule has 9 N–H and O–H groups in total. The van der Waals surface area contributed by atoms with Crippen molar-refractivity contribution in [3.05, 3.63) is 0 Å². The number of hydrogen-bond donors (Lipinski definition) is 9. The number of aliphatic carboxylic acids is 1. The standard InChI is InChI=1S/C19H32O16/c1-30-16-14(11(26)8(4-21)31-16)33-17-15(12(27)9(5-22)32-17)35-19(18(28)29)2-6(23)10(25)13(34-19)7(24)3-20/h6-17,20-27H,2-5H2,1H3,(H,28,29). The predicted octanol–water partition coefficient (Wildman–Crippen LogP) is -5.80. The molecular weight excluding hydrogens is 484 g/mol. The molecule has 16 nitrogen and oxygen atoms in total. The molecule has 0 aliphatic carbocycles. The first-order valence-corrected chi connectivity index (χ1v) is 10.8. The van der Waals surface area contributed by atoms with Crippen molar-refractivity contribution < 1.29 is 79.2 Å². The van der Waals surface area contributed by atoms with Gasteiger partial charge < -0.3 is 74.4 Å². The molecule has 13 unspecified atom stereocenters. The van der Waals surface area contributed by atoms with Gasteiger partial charge in [0.15, 0.2) is 12.6 Å². The van der Waals surface area contributed by atoms with Crippen LogP contribution in [0.1, 0.15) is 6.42 Å². The van der Waals surface area contributed by atoms with Gasteiger partial charge in [-0.25, -0.2) is 4.79 Å². The number of carboxylic acids is 1. The van der Waals surface area contributed by atoms with Gasteiger partial charge in [-0.2, -0.15) is 0 Å². The van der Waals surface area contributed by atoms with Gasteiger partial charge in [0, 0.05) is 13.5 Å². The van der Waals surface area contributed by atoms with Crippen molar-refractivity contribution in [1.29, 1.82) is 0 Å². The van der Waals surface area contributed by atoms with Gasteiger partial charge in [0.1, 0.15) is 54.9 Å². The van der Waals surface area contributed by atoms with Crippen LogP contribution in [0, 0.1) is 0 Å². The summed E-state index contributed by atoms with van der Waals surface area (Å²) in [6.07, 6.45) is -19.4. The molecule has 0 amide bonds. The van der Waals surface area contributed by atoms with Crippen LogP contribution in [0.15, 0.2) is 0 Å². The third kappa shape index (κ3) is 5.46. The molecule has 204 valence electrons. The average Bonchev–Trinajstić information content (AvgIpc) is 3.31. The second kappa shape index (κ2) is 11.5. The molecular formula is C19H32O16. The van der Waals surface area contributed by atoms with E-state index < -0.39 is 112 Å². The molecule has 0 spiro atoms. The molecule has 3 heterocycles. The first-order chi connectivity index (χ1) is 16.5. The highest BCUT2D eigenvalue weighted by Gasteiger charge is 2.59. The van der Waals surface area contributed by atoms with Crippen LogP contribution in [0.2, 0.25) is 0 Å². The van der Waals surface area contributed by atoms with Crippen LogP contribution in [0.25, 0.3) is 0 Å². The van der Waals surface area contributed by atoms with E-state index in [1.54, 1.807) is 0 Å².